The van der Waals surface area contributed by atoms with Gasteiger partial charge in [-0.15, -0.1) is 0 Å². The molecule has 0 aromatic heterocycles. The Morgan fingerprint density at radius 2 is 1.83 bits per heavy atom. The third-order valence-electron chi connectivity index (χ3n) is 1.90. The molecule has 2 N–H and O–H groups in total. The highest BCUT2D eigenvalue weighted by Crippen LogP contribution is 2.18. The molecule has 0 bridgehead atoms. The van der Waals surface area contributed by atoms with Gasteiger partial charge in [0.05, 0.1) is 12.5 Å². The van der Waals surface area contributed by atoms with Gasteiger partial charge in [-0.25, -0.2) is 4.79 Å². The van der Waals surface area contributed by atoms with Gasteiger partial charge in [0.25, 0.3) is 0 Å². The topological polar surface area (TPSA) is 83.8 Å². The molecule has 2 unspecified atom stereocenters. The van der Waals surface area contributed by atoms with E-state index in [1.165, 1.54) is 0 Å². The van der Waals surface area contributed by atoms with E-state index in [0.29, 0.717) is 6.42 Å². The molecule has 0 amide bonds. The number of carbonyl (C=O) groups is 2. The number of carboxylic acid groups (broad SMARTS) is 2. The second-order valence-electron chi connectivity index (χ2n) is 2.77. The summed E-state index contributed by atoms with van der Waals surface area (Å²) in [6, 6.07) is 0. The molecule has 5 heteroatoms. The Morgan fingerprint density at radius 1 is 1.17 bits per heavy atom. The van der Waals surface area contributed by atoms with Crippen molar-refractivity contribution in [2.45, 2.75) is 18.9 Å². The molecule has 0 spiro atoms. The third kappa shape index (κ3) is 1.94. The summed E-state index contributed by atoms with van der Waals surface area (Å²) in [6.45, 7) is 0.00625. The van der Waals surface area contributed by atoms with E-state index >= 15 is 0 Å². The highest BCUT2D eigenvalue weighted by Gasteiger charge is 2.30. The SMILES string of the molecule is O=C(O)C1CCC(C(=O)O)OC1. The molecule has 5 nitrogen and oxygen atoms in total. The molecule has 0 radical (unpaired) electrons. The van der Waals surface area contributed by atoms with E-state index < -0.39 is 24.0 Å². The zero-order valence-electron chi connectivity index (χ0n) is 6.40. The van der Waals surface area contributed by atoms with Gasteiger partial charge in [-0.05, 0) is 12.8 Å². The second-order valence-corrected chi connectivity index (χ2v) is 2.77. The van der Waals surface area contributed by atoms with Gasteiger partial charge in [-0.2, -0.15) is 0 Å². The Kier molecular flexibility index (Phi) is 2.65. The Hall–Kier alpha value is -1.10. The van der Waals surface area contributed by atoms with E-state index in [2.05, 4.69) is 0 Å². The molecular weight excluding hydrogens is 164 g/mol. The summed E-state index contributed by atoms with van der Waals surface area (Å²) in [5.41, 5.74) is 0. The largest absolute Gasteiger partial charge is 0.481 e. The third-order valence-corrected chi connectivity index (χ3v) is 1.90. The summed E-state index contributed by atoms with van der Waals surface area (Å²) in [7, 11) is 0. The van der Waals surface area contributed by atoms with Crippen LogP contribution in [0.2, 0.25) is 0 Å². The van der Waals surface area contributed by atoms with Crippen molar-refractivity contribution >= 4 is 11.9 Å². The zero-order valence-corrected chi connectivity index (χ0v) is 6.40. The van der Waals surface area contributed by atoms with Crippen LogP contribution in [0.3, 0.4) is 0 Å². The van der Waals surface area contributed by atoms with Crippen molar-refractivity contribution in [1.82, 2.24) is 0 Å². The monoisotopic (exact) mass is 174 g/mol. The van der Waals surface area contributed by atoms with Crippen LogP contribution >= 0.6 is 0 Å². The summed E-state index contributed by atoms with van der Waals surface area (Å²) in [4.78, 5) is 20.8. The van der Waals surface area contributed by atoms with Crippen molar-refractivity contribution < 1.29 is 24.5 Å². The van der Waals surface area contributed by atoms with E-state index in [-0.39, 0.29) is 13.0 Å². The Morgan fingerprint density at radius 3 is 2.17 bits per heavy atom. The smallest absolute Gasteiger partial charge is 0.332 e. The summed E-state index contributed by atoms with van der Waals surface area (Å²) >= 11 is 0. The number of hydrogen-bond acceptors (Lipinski definition) is 3. The van der Waals surface area contributed by atoms with Gasteiger partial charge in [-0.1, -0.05) is 0 Å². The van der Waals surface area contributed by atoms with Crippen molar-refractivity contribution in [2.75, 3.05) is 6.61 Å². The first kappa shape index (κ1) is 8.99. The molecule has 1 heterocycles. The molecule has 2 atom stereocenters. The number of hydrogen-bond donors (Lipinski definition) is 2. The highest BCUT2D eigenvalue weighted by molar-refractivity contribution is 5.74. The van der Waals surface area contributed by atoms with E-state index in [0.717, 1.165) is 0 Å². The molecule has 1 fully saturated rings. The lowest BCUT2D eigenvalue weighted by Gasteiger charge is -2.23. The van der Waals surface area contributed by atoms with Crippen molar-refractivity contribution in [3.63, 3.8) is 0 Å². The zero-order chi connectivity index (χ0) is 9.14. The first-order valence-electron chi connectivity index (χ1n) is 3.68. The lowest BCUT2D eigenvalue weighted by Crippen LogP contribution is -2.35. The molecule has 1 saturated heterocycles. The number of aliphatic carboxylic acids is 2. The molecule has 68 valence electrons. The highest BCUT2D eigenvalue weighted by atomic mass is 16.5. The van der Waals surface area contributed by atoms with Crippen LogP contribution < -0.4 is 0 Å². The van der Waals surface area contributed by atoms with E-state index in [1.807, 2.05) is 0 Å². The maximum atomic E-state index is 10.4. The Bertz CT molecular complexity index is 170. The second kappa shape index (κ2) is 3.53. The molecule has 12 heavy (non-hydrogen) atoms. The van der Waals surface area contributed by atoms with Gasteiger partial charge in [0.1, 0.15) is 0 Å². The molecule has 1 rings (SSSR count). The quantitative estimate of drug-likeness (QED) is 0.613. The first-order valence-corrected chi connectivity index (χ1v) is 3.68. The van der Waals surface area contributed by atoms with Crippen molar-refractivity contribution in [3.8, 4) is 0 Å². The van der Waals surface area contributed by atoms with Crippen molar-refractivity contribution in [2.24, 2.45) is 5.92 Å². The molecular formula is C7H10O5. The summed E-state index contributed by atoms with van der Waals surface area (Å²) in [5.74, 6) is -2.47. The fourth-order valence-electron chi connectivity index (χ4n) is 1.14. The van der Waals surface area contributed by atoms with E-state index in [9.17, 15) is 9.59 Å². The molecule has 0 aromatic carbocycles. The number of rotatable bonds is 2. The molecule has 0 aliphatic carbocycles. The van der Waals surface area contributed by atoms with Crippen molar-refractivity contribution in [3.05, 3.63) is 0 Å². The Balaban J connectivity index is 2.39. The minimum atomic E-state index is -1.01. The van der Waals surface area contributed by atoms with Gasteiger partial charge in [0.2, 0.25) is 0 Å². The lowest BCUT2D eigenvalue weighted by atomic mass is 9.99. The number of ether oxygens (including phenoxy) is 1. The fraction of sp³-hybridized carbons (Fsp3) is 0.714. The van der Waals surface area contributed by atoms with Crippen LogP contribution in [0.1, 0.15) is 12.8 Å². The van der Waals surface area contributed by atoms with Gasteiger partial charge < -0.3 is 14.9 Å². The van der Waals surface area contributed by atoms with E-state index in [1.54, 1.807) is 0 Å². The molecule has 1 aliphatic rings. The minimum Gasteiger partial charge on any atom is -0.481 e. The molecule has 1 aliphatic heterocycles. The molecule has 0 saturated carbocycles. The Labute approximate surface area is 68.9 Å². The summed E-state index contributed by atoms with van der Waals surface area (Å²) < 4.78 is 4.83. The van der Waals surface area contributed by atoms with Crippen LogP contribution in [0.5, 0.6) is 0 Å². The fourth-order valence-corrected chi connectivity index (χ4v) is 1.14. The maximum Gasteiger partial charge on any atom is 0.332 e. The number of carboxylic acids is 2. The predicted molar refractivity (Wildman–Crippen MR) is 37.7 cm³/mol. The van der Waals surface area contributed by atoms with Gasteiger partial charge in [0.15, 0.2) is 6.10 Å². The van der Waals surface area contributed by atoms with Crippen LogP contribution in [0.15, 0.2) is 0 Å². The summed E-state index contributed by atoms with van der Waals surface area (Å²) in [6.07, 6.45) is -0.154. The summed E-state index contributed by atoms with van der Waals surface area (Å²) in [5, 5.41) is 17.0. The van der Waals surface area contributed by atoms with E-state index in [4.69, 9.17) is 14.9 Å². The normalized spacial score (nSPS) is 29.7. The van der Waals surface area contributed by atoms with Crippen molar-refractivity contribution in [1.29, 1.82) is 0 Å². The van der Waals surface area contributed by atoms with Crippen LogP contribution in [-0.2, 0) is 14.3 Å². The van der Waals surface area contributed by atoms with Gasteiger partial charge in [-0.3, -0.25) is 4.79 Å². The van der Waals surface area contributed by atoms with Crippen LogP contribution in [0.25, 0.3) is 0 Å². The van der Waals surface area contributed by atoms with Crippen LogP contribution in [0.4, 0.5) is 0 Å². The average molecular weight is 174 g/mol. The maximum absolute atomic E-state index is 10.4. The minimum absolute atomic E-state index is 0.00625. The standard InChI is InChI=1S/C7H10O5/c8-6(9)4-1-2-5(7(10)11)12-3-4/h4-5H,1-3H2,(H,8,9)(H,10,11). The van der Waals surface area contributed by atoms with Crippen LogP contribution in [0, 0.1) is 5.92 Å². The van der Waals surface area contributed by atoms with Gasteiger partial charge in [0, 0.05) is 0 Å². The predicted octanol–water partition coefficient (Wildman–Crippen LogP) is -0.0492. The molecule has 0 aromatic rings. The first-order chi connectivity index (χ1) is 5.61. The lowest BCUT2D eigenvalue weighted by molar-refractivity contribution is -0.162. The average Bonchev–Trinajstić information content (AvgIpc) is 2.04. The van der Waals surface area contributed by atoms with Crippen LogP contribution in [-0.4, -0.2) is 34.9 Å². The van der Waals surface area contributed by atoms with Gasteiger partial charge >= 0.3 is 11.9 Å².